The van der Waals surface area contributed by atoms with Crippen LogP contribution in [-0.4, -0.2) is 61.4 Å². The number of benzene rings is 2. The van der Waals surface area contributed by atoms with Crippen molar-refractivity contribution in [1.29, 1.82) is 0 Å². The fraction of sp³-hybridized carbons (Fsp3) is 0.300. The number of nitrogens with zero attached hydrogens (tertiary/aromatic N) is 2. The zero-order valence-electron chi connectivity index (χ0n) is 16.5. The van der Waals surface area contributed by atoms with Crippen molar-refractivity contribution in [1.82, 2.24) is 15.1 Å². The van der Waals surface area contributed by atoms with Gasteiger partial charge in [-0.2, -0.15) is 0 Å². The van der Waals surface area contributed by atoms with E-state index >= 15 is 0 Å². The van der Waals surface area contributed by atoms with Gasteiger partial charge in [0.05, 0.1) is 10.9 Å². The van der Waals surface area contributed by atoms with Crippen molar-refractivity contribution in [3.8, 4) is 5.75 Å². The van der Waals surface area contributed by atoms with E-state index in [2.05, 4.69) is 5.32 Å². The molecule has 1 aliphatic rings. The van der Waals surface area contributed by atoms with Gasteiger partial charge in [0.2, 0.25) is 10.0 Å². The molecule has 1 fully saturated rings. The summed E-state index contributed by atoms with van der Waals surface area (Å²) in [6, 6.07) is 11.5. The predicted molar refractivity (Wildman–Crippen MR) is 110 cm³/mol. The molecule has 0 radical (unpaired) electrons. The molecule has 160 valence electrons. The van der Waals surface area contributed by atoms with Gasteiger partial charge in [-0.1, -0.05) is 12.1 Å². The number of phenolic OH excluding ortho intramolecular Hbond substituents is 1. The number of carbonyl (C=O) groups excluding carboxylic acids is 2. The maximum Gasteiger partial charge on any atom is 0.317 e. The van der Waals surface area contributed by atoms with E-state index in [0.717, 1.165) is 0 Å². The van der Waals surface area contributed by atoms with Crippen molar-refractivity contribution in [3.05, 3.63) is 59.7 Å². The highest BCUT2D eigenvalue weighted by Gasteiger charge is 2.25. The Morgan fingerprint density at radius 3 is 2.23 bits per heavy atom. The van der Waals surface area contributed by atoms with Gasteiger partial charge in [0.1, 0.15) is 5.75 Å². The SMILES string of the molecule is CC(NC(=O)N1CCN(C(=O)c2ccc(O)cc2)CC1)c1cccc(S(N)(=O)=O)c1. The number of hydrogen-bond donors (Lipinski definition) is 3. The highest BCUT2D eigenvalue weighted by molar-refractivity contribution is 7.89. The van der Waals surface area contributed by atoms with Gasteiger partial charge in [0.15, 0.2) is 0 Å². The molecular weight excluding hydrogens is 408 g/mol. The van der Waals surface area contributed by atoms with Crippen molar-refractivity contribution >= 4 is 22.0 Å². The number of aromatic hydroxyl groups is 1. The van der Waals surface area contributed by atoms with E-state index in [1.807, 2.05) is 0 Å². The van der Waals surface area contributed by atoms with Crippen molar-refractivity contribution < 1.29 is 23.1 Å². The molecule has 0 spiro atoms. The predicted octanol–water partition coefficient (Wildman–Crippen LogP) is 1.27. The minimum Gasteiger partial charge on any atom is -0.508 e. The van der Waals surface area contributed by atoms with Crippen LogP contribution in [0, 0.1) is 0 Å². The topological polar surface area (TPSA) is 133 Å². The Labute approximate surface area is 175 Å². The maximum atomic E-state index is 12.6. The second-order valence-electron chi connectivity index (χ2n) is 7.11. The monoisotopic (exact) mass is 432 g/mol. The number of nitrogens with two attached hydrogens (primary N) is 1. The molecular formula is C20H24N4O5S. The van der Waals surface area contributed by atoms with Crippen LogP contribution in [0.4, 0.5) is 4.79 Å². The minimum atomic E-state index is -3.82. The Morgan fingerprint density at radius 2 is 1.63 bits per heavy atom. The van der Waals surface area contributed by atoms with E-state index in [9.17, 15) is 23.1 Å². The molecule has 1 atom stereocenters. The van der Waals surface area contributed by atoms with Gasteiger partial charge >= 0.3 is 6.03 Å². The molecule has 0 aromatic heterocycles. The van der Waals surface area contributed by atoms with Gasteiger partial charge in [-0.3, -0.25) is 4.79 Å². The van der Waals surface area contributed by atoms with Gasteiger partial charge in [-0.25, -0.2) is 18.4 Å². The van der Waals surface area contributed by atoms with E-state index in [0.29, 0.717) is 37.3 Å². The summed E-state index contributed by atoms with van der Waals surface area (Å²) in [5.74, 6) is -0.0556. The zero-order valence-corrected chi connectivity index (χ0v) is 17.3. The van der Waals surface area contributed by atoms with Crippen LogP contribution >= 0.6 is 0 Å². The lowest BCUT2D eigenvalue weighted by Gasteiger charge is -2.35. The molecule has 0 saturated carbocycles. The van der Waals surface area contributed by atoms with Crippen LogP contribution < -0.4 is 10.5 Å². The molecule has 0 aliphatic carbocycles. The largest absolute Gasteiger partial charge is 0.508 e. The molecule has 9 nitrogen and oxygen atoms in total. The highest BCUT2D eigenvalue weighted by Crippen LogP contribution is 2.18. The van der Waals surface area contributed by atoms with Crippen LogP contribution in [0.5, 0.6) is 5.75 Å². The third-order valence-electron chi connectivity index (χ3n) is 4.99. The molecule has 1 saturated heterocycles. The van der Waals surface area contributed by atoms with E-state index in [4.69, 9.17) is 5.14 Å². The first kappa shape index (κ1) is 21.6. The van der Waals surface area contributed by atoms with E-state index in [1.165, 1.54) is 24.3 Å². The molecule has 1 unspecified atom stereocenters. The standard InChI is InChI=1S/C20H24N4O5S/c1-14(16-3-2-4-18(13-16)30(21,28)29)22-20(27)24-11-9-23(10-12-24)19(26)15-5-7-17(25)8-6-15/h2-8,13-14,25H,9-12H2,1H3,(H,22,27)(H2,21,28,29). The number of amides is 3. The Kier molecular flexibility index (Phi) is 6.28. The normalized spacial score (nSPS) is 15.5. The summed E-state index contributed by atoms with van der Waals surface area (Å²) in [6.45, 7) is 3.29. The van der Waals surface area contributed by atoms with Crippen LogP contribution in [0.15, 0.2) is 53.4 Å². The Bertz CT molecular complexity index is 1030. The van der Waals surface area contributed by atoms with E-state index in [-0.39, 0.29) is 22.6 Å². The van der Waals surface area contributed by atoms with E-state index < -0.39 is 16.1 Å². The second kappa shape index (κ2) is 8.72. The number of phenols is 1. The average molecular weight is 433 g/mol. The second-order valence-corrected chi connectivity index (χ2v) is 8.68. The van der Waals surface area contributed by atoms with Crippen LogP contribution in [0.1, 0.15) is 28.9 Å². The van der Waals surface area contributed by atoms with Crippen molar-refractivity contribution in [2.45, 2.75) is 17.9 Å². The third-order valence-corrected chi connectivity index (χ3v) is 5.91. The first-order valence-electron chi connectivity index (χ1n) is 9.41. The van der Waals surface area contributed by atoms with Crippen LogP contribution in [0.2, 0.25) is 0 Å². The smallest absolute Gasteiger partial charge is 0.317 e. The van der Waals surface area contributed by atoms with Crippen LogP contribution in [-0.2, 0) is 10.0 Å². The van der Waals surface area contributed by atoms with Gasteiger partial charge in [-0.15, -0.1) is 0 Å². The Hall–Kier alpha value is -3.11. The zero-order chi connectivity index (χ0) is 21.9. The molecule has 3 rings (SSSR count). The summed E-state index contributed by atoms with van der Waals surface area (Å²) in [5, 5.41) is 17.4. The number of sulfonamides is 1. The summed E-state index contributed by atoms with van der Waals surface area (Å²) in [6.07, 6.45) is 0. The summed E-state index contributed by atoms with van der Waals surface area (Å²) in [5.41, 5.74) is 1.10. The fourth-order valence-electron chi connectivity index (χ4n) is 3.22. The van der Waals surface area contributed by atoms with Crippen molar-refractivity contribution in [2.24, 2.45) is 5.14 Å². The summed E-state index contributed by atoms with van der Waals surface area (Å²) in [4.78, 5) is 28.4. The fourth-order valence-corrected chi connectivity index (χ4v) is 3.79. The lowest BCUT2D eigenvalue weighted by molar-refractivity contribution is 0.0663. The van der Waals surface area contributed by atoms with Crippen molar-refractivity contribution in [2.75, 3.05) is 26.2 Å². The molecule has 1 aliphatic heterocycles. The number of rotatable bonds is 4. The van der Waals surface area contributed by atoms with Gasteiger partial charge < -0.3 is 20.2 Å². The highest BCUT2D eigenvalue weighted by atomic mass is 32.2. The molecule has 0 bridgehead atoms. The molecule has 2 aromatic carbocycles. The molecule has 1 heterocycles. The van der Waals surface area contributed by atoms with Crippen molar-refractivity contribution in [3.63, 3.8) is 0 Å². The Balaban J connectivity index is 1.56. The van der Waals surface area contributed by atoms with Gasteiger partial charge in [0, 0.05) is 31.7 Å². The summed E-state index contributed by atoms with van der Waals surface area (Å²) in [7, 11) is -3.82. The number of primary sulfonamides is 1. The number of urea groups is 1. The first-order valence-corrected chi connectivity index (χ1v) is 11.0. The number of nitrogens with one attached hydrogen (secondary N) is 1. The van der Waals surface area contributed by atoms with Crippen LogP contribution in [0.3, 0.4) is 0 Å². The number of hydrogen-bond acceptors (Lipinski definition) is 5. The number of carbonyl (C=O) groups is 2. The summed E-state index contributed by atoms with van der Waals surface area (Å²) >= 11 is 0. The average Bonchev–Trinajstić information content (AvgIpc) is 2.73. The minimum absolute atomic E-state index is 0.0116. The van der Waals surface area contributed by atoms with E-state index in [1.54, 1.807) is 41.0 Å². The van der Waals surface area contributed by atoms with Crippen LogP contribution in [0.25, 0.3) is 0 Å². The molecule has 30 heavy (non-hydrogen) atoms. The quantitative estimate of drug-likeness (QED) is 0.669. The molecule has 3 amide bonds. The summed E-state index contributed by atoms with van der Waals surface area (Å²) < 4.78 is 23.0. The lowest BCUT2D eigenvalue weighted by Crippen LogP contribution is -2.53. The lowest BCUT2D eigenvalue weighted by atomic mass is 10.1. The van der Waals surface area contributed by atoms with Gasteiger partial charge in [0.25, 0.3) is 5.91 Å². The number of piperazine rings is 1. The third kappa shape index (κ3) is 5.08. The molecule has 10 heteroatoms. The maximum absolute atomic E-state index is 12.6. The first-order chi connectivity index (χ1) is 14.1. The molecule has 2 aromatic rings. The van der Waals surface area contributed by atoms with Gasteiger partial charge in [-0.05, 0) is 48.9 Å². The molecule has 4 N–H and O–H groups in total. The Morgan fingerprint density at radius 1 is 1.03 bits per heavy atom.